The van der Waals surface area contributed by atoms with Crippen LogP contribution in [0.3, 0.4) is 0 Å². The Morgan fingerprint density at radius 3 is 2.59 bits per heavy atom. The molecular weight excluding hydrogens is 255 g/mol. The van der Waals surface area contributed by atoms with Crippen LogP contribution in [0, 0.1) is 0 Å². The highest BCUT2D eigenvalue weighted by atomic mass is 35.5. The van der Waals surface area contributed by atoms with Gasteiger partial charge in [-0.3, -0.25) is 0 Å². The first-order chi connectivity index (χ1) is 7.85. The predicted molar refractivity (Wildman–Crippen MR) is 58.3 cm³/mol. The molecule has 1 aromatic heterocycles. The van der Waals surface area contributed by atoms with E-state index in [0.29, 0.717) is 5.82 Å². The summed E-state index contributed by atoms with van der Waals surface area (Å²) in [7, 11) is 1.34. The number of anilines is 1. The molecule has 1 aromatic rings. The lowest BCUT2D eigenvalue weighted by Crippen LogP contribution is -2.31. The Morgan fingerprint density at radius 2 is 2.06 bits per heavy atom. The molecule has 0 atom stereocenters. The Kier molecular flexibility index (Phi) is 3.16. The van der Waals surface area contributed by atoms with Crippen LogP contribution < -0.4 is 4.90 Å². The fraction of sp³-hybridized carbons (Fsp3) is 0.600. The van der Waals surface area contributed by atoms with Crippen LogP contribution in [-0.4, -0.2) is 29.7 Å². The molecule has 1 heterocycles. The molecule has 1 fully saturated rings. The SMILES string of the molecule is CN(CC(F)(F)F)c1cc(Cl)nc(C2CC2)n1. The summed E-state index contributed by atoms with van der Waals surface area (Å²) in [5.74, 6) is 1.01. The van der Waals surface area contributed by atoms with Crippen molar-refractivity contribution in [3.8, 4) is 0 Å². The van der Waals surface area contributed by atoms with Crippen LogP contribution >= 0.6 is 11.6 Å². The average molecular weight is 266 g/mol. The first-order valence-electron chi connectivity index (χ1n) is 5.17. The molecule has 1 aliphatic rings. The highest BCUT2D eigenvalue weighted by molar-refractivity contribution is 6.29. The van der Waals surface area contributed by atoms with Gasteiger partial charge in [-0.1, -0.05) is 11.6 Å². The van der Waals surface area contributed by atoms with Gasteiger partial charge in [0.15, 0.2) is 0 Å². The topological polar surface area (TPSA) is 29.0 Å². The van der Waals surface area contributed by atoms with Gasteiger partial charge in [-0.2, -0.15) is 13.2 Å². The van der Waals surface area contributed by atoms with Crippen molar-refractivity contribution in [3.63, 3.8) is 0 Å². The van der Waals surface area contributed by atoms with Crippen molar-refractivity contribution in [2.45, 2.75) is 24.9 Å². The lowest BCUT2D eigenvalue weighted by molar-refractivity contribution is -0.119. The standard InChI is InChI=1S/C10H11ClF3N3/c1-17(5-10(12,13)14)8-4-7(11)15-9(16-8)6-2-3-6/h4,6H,2-3,5H2,1H3. The lowest BCUT2D eigenvalue weighted by atomic mass is 10.4. The monoisotopic (exact) mass is 265 g/mol. The third-order valence-corrected chi connectivity index (χ3v) is 2.64. The van der Waals surface area contributed by atoms with E-state index >= 15 is 0 Å². The summed E-state index contributed by atoms with van der Waals surface area (Å²) in [5.41, 5.74) is 0. The van der Waals surface area contributed by atoms with Crippen LogP contribution in [-0.2, 0) is 0 Å². The van der Waals surface area contributed by atoms with E-state index in [2.05, 4.69) is 9.97 Å². The molecule has 2 rings (SSSR count). The molecule has 0 aromatic carbocycles. The van der Waals surface area contributed by atoms with E-state index in [1.165, 1.54) is 13.1 Å². The molecule has 0 saturated heterocycles. The summed E-state index contributed by atoms with van der Waals surface area (Å²) in [4.78, 5) is 9.16. The van der Waals surface area contributed by atoms with Crippen LogP contribution in [0.25, 0.3) is 0 Å². The van der Waals surface area contributed by atoms with E-state index in [4.69, 9.17) is 11.6 Å². The molecule has 0 bridgehead atoms. The van der Waals surface area contributed by atoms with Crippen LogP contribution in [0.4, 0.5) is 19.0 Å². The maximum absolute atomic E-state index is 12.2. The lowest BCUT2D eigenvalue weighted by Gasteiger charge is -2.20. The summed E-state index contributed by atoms with van der Waals surface area (Å²) < 4.78 is 36.7. The average Bonchev–Trinajstić information content (AvgIpc) is 2.96. The Morgan fingerprint density at radius 1 is 1.41 bits per heavy atom. The molecule has 0 radical (unpaired) electrons. The highest BCUT2D eigenvalue weighted by Crippen LogP contribution is 2.39. The van der Waals surface area contributed by atoms with Crippen LogP contribution in [0.2, 0.25) is 5.15 Å². The minimum Gasteiger partial charge on any atom is -0.350 e. The second-order valence-corrected chi connectivity index (χ2v) is 4.54. The van der Waals surface area contributed by atoms with E-state index in [1.807, 2.05) is 0 Å². The molecule has 17 heavy (non-hydrogen) atoms. The van der Waals surface area contributed by atoms with Crippen molar-refractivity contribution < 1.29 is 13.2 Å². The number of hydrogen-bond acceptors (Lipinski definition) is 3. The predicted octanol–water partition coefficient (Wildman–Crippen LogP) is 3.01. The zero-order chi connectivity index (χ0) is 12.6. The van der Waals surface area contributed by atoms with Gasteiger partial charge < -0.3 is 4.90 Å². The summed E-state index contributed by atoms with van der Waals surface area (Å²) in [5, 5.41) is 0.186. The molecule has 1 aliphatic carbocycles. The normalized spacial score (nSPS) is 16.1. The van der Waals surface area contributed by atoms with Crippen molar-refractivity contribution in [1.82, 2.24) is 9.97 Å². The third-order valence-electron chi connectivity index (χ3n) is 2.45. The van der Waals surface area contributed by atoms with E-state index in [-0.39, 0.29) is 16.9 Å². The van der Waals surface area contributed by atoms with Gasteiger partial charge in [-0.25, -0.2) is 9.97 Å². The van der Waals surface area contributed by atoms with E-state index in [0.717, 1.165) is 17.7 Å². The molecule has 0 unspecified atom stereocenters. The van der Waals surface area contributed by atoms with E-state index < -0.39 is 12.7 Å². The van der Waals surface area contributed by atoms with Gasteiger partial charge in [0.2, 0.25) is 0 Å². The zero-order valence-corrected chi connectivity index (χ0v) is 9.89. The van der Waals surface area contributed by atoms with Gasteiger partial charge >= 0.3 is 6.18 Å². The quantitative estimate of drug-likeness (QED) is 0.787. The van der Waals surface area contributed by atoms with Crippen LogP contribution in [0.5, 0.6) is 0 Å². The fourth-order valence-electron chi connectivity index (χ4n) is 1.49. The van der Waals surface area contributed by atoms with E-state index in [1.54, 1.807) is 0 Å². The summed E-state index contributed by atoms with van der Waals surface area (Å²) >= 11 is 5.78. The summed E-state index contributed by atoms with van der Waals surface area (Å²) in [6.07, 6.45) is -2.31. The highest BCUT2D eigenvalue weighted by Gasteiger charge is 2.31. The molecular formula is C10H11ClF3N3. The van der Waals surface area contributed by atoms with Crippen LogP contribution in [0.15, 0.2) is 6.07 Å². The maximum Gasteiger partial charge on any atom is 0.405 e. The second-order valence-electron chi connectivity index (χ2n) is 4.15. The largest absolute Gasteiger partial charge is 0.405 e. The molecule has 1 saturated carbocycles. The molecule has 0 spiro atoms. The van der Waals surface area contributed by atoms with Crippen LogP contribution in [0.1, 0.15) is 24.6 Å². The van der Waals surface area contributed by atoms with Gasteiger partial charge in [0.05, 0.1) is 0 Å². The number of rotatable bonds is 3. The number of halogens is 4. The third kappa shape index (κ3) is 3.46. The Bertz CT molecular complexity index is 418. The molecule has 3 nitrogen and oxygen atoms in total. The molecule has 0 amide bonds. The van der Waals surface area contributed by atoms with Gasteiger partial charge in [-0.05, 0) is 12.8 Å². The van der Waals surface area contributed by atoms with Gasteiger partial charge in [0.25, 0.3) is 0 Å². The smallest absolute Gasteiger partial charge is 0.350 e. The van der Waals surface area contributed by atoms with Gasteiger partial charge in [-0.15, -0.1) is 0 Å². The fourth-order valence-corrected chi connectivity index (χ4v) is 1.68. The number of hydrogen-bond donors (Lipinski definition) is 0. The second kappa shape index (κ2) is 4.33. The Labute approximate surface area is 102 Å². The molecule has 7 heteroatoms. The molecule has 0 N–H and O–H groups in total. The van der Waals surface area contributed by atoms with E-state index in [9.17, 15) is 13.2 Å². The minimum atomic E-state index is -4.26. The van der Waals surface area contributed by atoms with Crippen molar-refractivity contribution >= 4 is 17.4 Å². The first kappa shape index (κ1) is 12.4. The number of aromatic nitrogens is 2. The Hall–Kier alpha value is -1.04. The first-order valence-corrected chi connectivity index (χ1v) is 5.55. The van der Waals surface area contributed by atoms with Gasteiger partial charge in [0, 0.05) is 19.0 Å². The molecule has 0 aliphatic heterocycles. The summed E-state index contributed by atoms with van der Waals surface area (Å²) in [6.45, 7) is -1.05. The number of alkyl halides is 3. The van der Waals surface area contributed by atoms with Crippen molar-refractivity contribution in [3.05, 3.63) is 17.0 Å². The molecule has 94 valence electrons. The number of nitrogens with zero attached hydrogens (tertiary/aromatic N) is 3. The maximum atomic E-state index is 12.2. The van der Waals surface area contributed by atoms with Crippen molar-refractivity contribution in [2.24, 2.45) is 0 Å². The van der Waals surface area contributed by atoms with Crippen molar-refractivity contribution in [1.29, 1.82) is 0 Å². The minimum absolute atomic E-state index is 0.186. The Balaban J connectivity index is 2.19. The zero-order valence-electron chi connectivity index (χ0n) is 9.13. The van der Waals surface area contributed by atoms with Crippen molar-refractivity contribution in [2.75, 3.05) is 18.5 Å². The summed E-state index contributed by atoms with van der Waals surface area (Å²) in [6, 6.07) is 1.35. The van der Waals surface area contributed by atoms with Gasteiger partial charge in [0.1, 0.15) is 23.3 Å².